The molecule has 0 aliphatic carbocycles. The van der Waals surface area contributed by atoms with Gasteiger partial charge in [0.2, 0.25) is 0 Å². The maximum absolute atomic E-state index is 12.9. The third-order valence-corrected chi connectivity index (χ3v) is 6.19. The third-order valence-electron chi connectivity index (χ3n) is 6.19. The Morgan fingerprint density at radius 3 is 2.33 bits per heavy atom. The van der Waals surface area contributed by atoms with Gasteiger partial charge >= 0.3 is 7.12 Å². The van der Waals surface area contributed by atoms with Crippen LogP contribution < -0.4 is 10.8 Å². The van der Waals surface area contributed by atoms with Crippen LogP contribution in [0.4, 0.5) is 5.69 Å². The molecule has 2 heterocycles. The first-order valence-corrected chi connectivity index (χ1v) is 10.2. The lowest BCUT2D eigenvalue weighted by Gasteiger charge is -2.32. The number of carbonyl (C=O) groups is 1. The molecule has 30 heavy (non-hydrogen) atoms. The van der Waals surface area contributed by atoms with Crippen LogP contribution in [0.1, 0.15) is 63.2 Å². The van der Waals surface area contributed by atoms with Crippen LogP contribution in [0.3, 0.4) is 0 Å². The molecule has 0 radical (unpaired) electrons. The lowest BCUT2D eigenvalue weighted by atomic mass is 9.76. The van der Waals surface area contributed by atoms with Crippen LogP contribution in [-0.2, 0) is 19.6 Å². The molecule has 1 saturated heterocycles. The van der Waals surface area contributed by atoms with Crippen molar-refractivity contribution in [2.24, 2.45) is 0 Å². The number of anilines is 1. The highest BCUT2D eigenvalue weighted by Gasteiger charge is 2.52. The smallest absolute Gasteiger partial charge is 0.399 e. The molecule has 6 nitrogen and oxygen atoms in total. The number of aryl methyl sites for hydroxylation is 1. The Labute approximate surface area is 179 Å². The van der Waals surface area contributed by atoms with Gasteiger partial charge in [0.15, 0.2) is 0 Å². The lowest BCUT2D eigenvalue weighted by molar-refractivity contribution is 0.00578. The molecule has 7 heteroatoms. The van der Waals surface area contributed by atoms with Crippen LogP contribution in [0.5, 0.6) is 0 Å². The number of amides is 1. The van der Waals surface area contributed by atoms with Gasteiger partial charge in [-0.15, -0.1) is 0 Å². The standard InChI is InChI=1S/C23H31BN2O4/c1-15-9-10-17(14-18(15)24-29-22(4,5)23(6,7)30-24)26-20(27)16-11-12-25-19(13-16)21(2,3)28-8/h9-14H,1-8H3,(H,26,27). The van der Waals surface area contributed by atoms with Crippen LogP contribution in [0.2, 0.25) is 0 Å². The molecule has 2 aromatic rings. The Bertz CT molecular complexity index is 940. The van der Waals surface area contributed by atoms with Crippen molar-refractivity contribution in [3.8, 4) is 0 Å². The van der Waals surface area contributed by atoms with Gasteiger partial charge in [0.1, 0.15) is 5.60 Å². The second-order valence-corrected chi connectivity index (χ2v) is 9.26. The molecule has 0 unspecified atom stereocenters. The minimum Gasteiger partial charge on any atom is -0.399 e. The number of carbonyl (C=O) groups excluding carboxylic acids is 1. The maximum atomic E-state index is 12.9. The highest BCUT2D eigenvalue weighted by molar-refractivity contribution is 6.62. The lowest BCUT2D eigenvalue weighted by Crippen LogP contribution is -2.41. The van der Waals surface area contributed by atoms with Crippen molar-refractivity contribution in [2.45, 2.75) is 65.3 Å². The van der Waals surface area contributed by atoms with E-state index in [-0.39, 0.29) is 5.91 Å². The van der Waals surface area contributed by atoms with Gasteiger partial charge < -0.3 is 19.4 Å². The van der Waals surface area contributed by atoms with Crippen LogP contribution in [-0.4, -0.2) is 36.3 Å². The van der Waals surface area contributed by atoms with Crippen LogP contribution in [0.25, 0.3) is 0 Å². The van der Waals surface area contributed by atoms with Crippen LogP contribution >= 0.6 is 0 Å². The van der Waals surface area contributed by atoms with Gasteiger partial charge in [-0.1, -0.05) is 11.6 Å². The predicted octanol–water partition coefficient (Wildman–Crippen LogP) is 3.82. The summed E-state index contributed by atoms with van der Waals surface area (Å²) in [6.07, 6.45) is 1.62. The zero-order chi connectivity index (χ0) is 22.3. The second-order valence-electron chi connectivity index (χ2n) is 9.26. The van der Waals surface area contributed by atoms with Crippen molar-refractivity contribution < 1.29 is 18.8 Å². The summed E-state index contributed by atoms with van der Waals surface area (Å²) in [6, 6.07) is 9.19. The Morgan fingerprint density at radius 2 is 1.73 bits per heavy atom. The molecule has 0 atom stereocenters. The maximum Gasteiger partial charge on any atom is 0.495 e. The van der Waals surface area contributed by atoms with Gasteiger partial charge in [0, 0.05) is 24.6 Å². The molecule has 1 aliphatic rings. The molecule has 1 fully saturated rings. The van der Waals surface area contributed by atoms with Crippen LogP contribution in [0, 0.1) is 6.92 Å². The van der Waals surface area contributed by atoms with E-state index in [2.05, 4.69) is 10.3 Å². The summed E-state index contributed by atoms with van der Waals surface area (Å²) < 4.78 is 17.8. The first kappa shape index (κ1) is 22.5. The zero-order valence-electron chi connectivity index (χ0n) is 19.1. The number of nitrogens with one attached hydrogen (secondary N) is 1. The Balaban J connectivity index is 1.83. The molecular weight excluding hydrogens is 379 g/mol. The first-order valence-electron chi connectivity index (χ1n) is 10.2. The van der Waals surface area contributed by atoms with E-state index in [1.54, 1.807) is 25.4 Å². The summed E-state index contributed by atoms with van der Waals surface area (Å²) in [5, 5.41) is 2.97. The topological polar surface area (TPSA) is 69.7 Å². The van der Waals surface area contributed by atoms with Crippen molar-refractivity contribution in [1.29, 1.82) is 0 Å². The molecular formula is C23H31BN2O4. The number of aromatic nitrogens is 1. The highest BCUT2D eigenvalue weighted by Crippen LogP contribution is 2.36. The van der Waals surface area contributed by atoms with Gasteiger partial charge in [-0.05, 0) is 78.2 Å². The van der Waals surface area contributed by atoms with Gasteiger partial charge in [-0.3, -0.25) is 9.78 Å². The fourth-order valence-electron chi connectivity index (χ4n) is 3.15. The molecule has 1 aliphatic heterocycles. The number of ether oxygens (including phenoxy) is 1. The van der Waals surface area contributed by atoms with Gasteiger partial charge in [-0.25, -0.2) is 0 Å². The van der Waals surface area contributed by atoms with E-state index in [0.29, 0.717) is 16.9 Å². The van der Waals surface area contributed by atoms with E-state index < -0.39 is 23.9 Å². The van der Waals surface area contributed by atoms with E-state index in [1.165, 1.54) is 0 Å². The number of methoxy groups -OCH3 is 1. The van der Waals surface area contributed by atoms with E-state index in [4.69, 9.17) is 14.0 Å². The number of hydrogen-bond acceptors (Lipinski definition) is 5. The van der Waals surface area contributed by atoms with E-state index >= 15 is 0 Å². The van der Waals surface area contributed by atoms with Gasteiger partial charge in [0.05, 0.1) is 16.9 Å². The normalized spacial score (nSPS) is 17.8. The van der Waals surface area contributed by atoms with Crippen molar-refractivity contribution in [2.75, 3.05) is 12.4 Å². The highest BCUT2D eigenvalue weighted by atomic mass is 16.7. The van der Waals surface area contributed by atoms with E-state index in [0.717, 1.165) is 11.0 Å². The average Bonchev–Trinajstić information content (AvgIpc) is 2.90. The Morgan fingerprint density at radius 1 is 1.10 bits per heavy atom. The van der Waals surface area contributed by atoms with E-state index in [9.17, 15) is 4.79 Å². The summed E-state index contributed by atoms with van der Waals surface area (Å²) in [6.45, 7) is 13.9. The van der Waals surface area contributed by atoms with Crippen molar-refractivity contribution in [3.05, 3.63) is 53.3 Å². The molecule has 1 aromatic carbocycles. The molecule has 3 rings (SSSR count). The van der Waals surface area contributed by atoms with E-state index in [1.807, 2.05) is 66.7 Å². The Kier molecular flexibility index (Phi) is 5.84. The monoisotopic (exact) mass is 410 g/mol. The minimum absolute atomic E-state index is 0.214. The Hall–Kier alpha value is -2.22. The number of hydrogen-bond donors (Lipinski definition) is 1. The minimum atomic E-state index is -0.579. The molecule has 1 aromatic heterocycles. The first-order chi connectivity index (χ1) is 13.9. The number of nitrogens with zero attached hydrogens (tertiary/aromatic N) is 1. The zero-order valence-corrected chi connectivity index (χ0v) is 19.1. The van der Waals surface area contributed by atoms with Crippen molar-refractivity contribution in [3.63, 3.8) is 0 Å². The van der Waals surface area contributed by atoms with Gasteiger partial charge in [0.25, 0.3) is 5.91 Å². The molecule has 0 spiro atoms. The molecule has 160 valence electrons. The number of pyridine rings is 1. The fraction of sp³-hybridized carbons (Fsp3) is 0.478. The molecule has 1 N–H and O–H groups in total. The van der Waals surface area contributed by atoms with Crippen molar-refractivity contribution >= 4 is 24.2 Å². The molecule has 0 bridgehead atoms. The summed E-state index contributed by atoms with van der Waals surface area (Å²) in [5.41, 5.74) is 2.41. The fourth-order valence-corrected chi connectivity index (χ4v) is 3.15. The van der Waals surface area contributed by atoms with Crippen LogP contribution in [0.15, 0.2) is 36.5 Å². The molecule has 1 amide bonds. The number of rotatable bonds is 5. The summed E-state index contributed by atoms with van der Waals surface area (Å²) in [7, 11) is 1.14. The van der Waals surface area contributed by atoms with Gasteiger partial charge in [-0.2, -0.15) is 0 Å². The largest absolute Gasteiger partial charge is 0.495 e. The summed E-state index contributed by atoms with van der Waals surface area (Å²) >= 11 is 0. The average molecular weight is 410 g/mol. The predicted molar refractivity (Wildman–Crippen MR) is 119 cm³/mol. The quantitative estimate of drug-likeness (QED) is 0.759. The summed E-state index contributed by atoms with van der Waals surface area (Å²) in [5.74, 6) is -0.214. The second kappa shape index (κ2) is 7.80. The third kappa shape index (κ3) is 4.29. The van der Waals surface area contributed by atoms with Crippen molar-refractivity contribution in [1.82, 2.24) is 4.98 Å². The summed E-state index contributed by atoms with van der Waals surface area (Å²) in [4.78, 5) is 17.2. The molecule has 0 saturated carbocycles. The number of benzene rings is 1. The SMILES string of the molecule is COC(C)(C)c1cc(C(=O)Nc2ccc(C)c(B3OC(C)(C)C(C)(C)O3)c2)ccn1.